The molecule has 3 aromatic rings. The molecule has 1 aliphatic rings. The van der Waals surface area contributed by atoms with Gasteiger partial charge in [0, 0.05) is 30.5 Å². The lowest BCUT2D eigenvalue weighted by Crippen LogP contribution is -2.27. The van der Waals surface area contributed by atoms with Crippen LogP contribution in [0.1, 0.15) is 33.7 Å². The Morgan fingerprint density at radius 3 is 2.57 bits per heavy atom. The smallest absolute Gasteiger partial charge is 0.276 e. The molecule has 1 N–H and O–H groups in total. The predicted molar refractivity (Wildman–Crippen MR) is 103 cm³/mol. The van der Waals surface area contributed by atoms with Gasteiger partial charge in [-0.15, -0.1) is 0 Å². The Morgan fingerprint density at radius 1 is 1.00 bits per heavy atom. The lowest BCUT2D eigenvalue weighted by Gasteiger charge is -2.15. The number of nitrogens with zero attached hydrogens (tertiary/aromatic N) is 3. The third-order valence-corrected chi connectivity index (χ3v) is 4.66. The molecule has 0 bridgehead atoms. The van der Waals surface area contributed by atoms with E-state index in [2.05, 4.69) is 10.4 Å². The van der Waals surface area contributed by atoms with Crippen LogP contribution in [0.4, 0.5) is 10.1 Å². The van der Waals surface area contributed by atoms with Gasteiger partial charge in [0.1, 0.15) is 5.82 Å². The zero-order chi connectivity index (χ0) is 19.5. The standard InChI is InChI=1S/C21H19FN4O2/c22-16-6-4-8-18(14-16)26-12-9-19(24-26)20(27)23-17-7-3-5-15(13-17)21(28)25-10-1-2-11-25/h3-9,12-14H,1-2,10-11H2,(H,23,27). The maximum atomic E-state index is 13.4. The molecule has 2 heterocycles. The van der Waals surface area contributed by atoms with Crippen molar-refractivity contribution in [1.82, 2.24) is 14.7 Å². The van der Waals surface area contributed by atoms with Crippen molar-refractivity contribution in [3.63, 3.8) is 0 Å². The monoisotopic (exact) mass is 378 g/mol. The number of hydrogen-bond acceptors (Lipinski definition) is 3. The zero-order valence-corrected chi connectivity index (χ0v) is 15.1. The number of benzene rings is 2. The summed E-state index contributed by atoms with van der Waals surface area (Å²) in [6.07, 6.45) is 3.64. The molecule has 0 unspecified atom stereocenters. The fourth-order valence-corrected chi connectivity index (χ4v) is 3.24. The predicted octanol–water partition coefficient (Wildman–Crippen LogP) is 3.50. The van der Waals surface area contributed by atoms with Crippen molar-refractivity contribution >= 4 is 17.5 Å². The number of halogens is 1. The van der Waals surface area contributed by atoms with E-state index in [-0.39, 0.29) is 17.4 Å². The van der Waals surface area contributed by atoms with E-state index in [1.807, 2.05) is 4.90 Å². The van der Waals surface area contributed by atoms with Gasteiger partial charge in [0.15, 0.2) is 5.69 Å². The maximum Gasteiger partial charge on any atom is 0.276 e. The molecule has 1 aliphatic heterocycles. The molecular weight excluding hydrogens is 359 g/mol. The lowest BCUT2D eigenvalue weighted by atomic mass is 10.1. The van der Waals surface area contributed by atoms with Crippen molar-refractivity contribution in [2.24, 2.45) is 0 Å². The summed E-state index contributed by atoms with van der Waals surface area (Å²) < 4.78 is 14.8. The van der Waals surface area contributed by atoms with Crippen molar-refractivity contribution < 1.29 is 14.0 Å². The van der Waals surface area contributed by atoms with E-state index in [0.717, 1.165) is 25.9 Å². The second-order valence-corrected chi connectivity index (χ2v) is 6.66. The van der Waals surface area contributed by atoms with Crippen LogP contribution in [0.15, 0.2) is 60.8 Å². The van der Waals surface area contributed by atoms with E-state index in [4.69, 9.17) is 0 Å². The Bertz CT molecular complexity index is 1020. The number of anilines is 1. The highest BCUT2D eigenvalue weighted by Gasteiger charge is 2.20. The van der Waals surface area contributed by atoms with Crippen LogP contribution in [0.2, 0.25) is 0 Å². The molecule has 0 atom stereocenters. The largest absolute Gasteiger partial charge is 0.339 e. The minimum Gasteiger partial charge on any atom is -0.339 e. The molecule has 28 heavy (non-hydrogen) atoms. The molecule has 1 saturated heterocycles. The van der Waals surface area contributed by atoms with Gasteiger partial charge < -0.3 is 10.2 Å². The summed E-state index contributed by atoms with van der Waals surface area (Å²) in [5, 5.41) is 6.96. The van der Waals surface area contributed by atoms with Crippen LogP contribution in [0, 0.1) is 5.82 Å². The topological polar surface area (TPSA) is 67.2 Å². The average Bonchev–Trinajstić information content (AvgIpc) is 3.40. The van der Waals surface area contributed by atoms with Crippen LogP contribution in [-0.2, 0) is 0 Å². The van der Waals surface area contributed by atoms with Crippen molar-refractivity contribution in [2.45, 2.75) is 12.8 Å². The van der Waals surface area contributed by atoms with E-state index < -0.39 is 5.91 Å². The second kappa shape index (κ2) is 7.64. The van der Waals surface area contributed by atoms with Crippen molar-refractivity contribution in [3.05, 3.63) is 77.9 Å². The second-order valence-electron chi connectivity index (χ2n) is 6.66. The molecule has 142 valence electrons. The minimum absolute atomic E-state index is 0.0241. The molecule has 0 spiro atoms. The Hall–Kier alpha value is -3.48. The fourth-order valence-electron chi connectivity index (χ4n) is 3.24. The SMILES string of the molecule is O=C(Nc1cccc(C(=O)N2CCCC2)c1)c1ccn(-c2cccc(F)c2)n1. The Kier molecular flexibility index (Phi) is 4.89. The van der Waals surface area contributed by atoms with E-state index in [0.29, 0.717) is 16.9 Å². The van der Waals surface area contributed by atoms with E-state index >= 15 is 0 Å². The number of rotatable bonds is 4. The van der Waals surface area contributed by atoms with Crippen LogP contribution < -0.4 is 5.32 Å². The third kappa shape index (κ3) is 3.78. The number of carbonyl (C=O) groups is 2. The molecule has 0 aliphatic carbocycles. The quantitative estimate of drug-likeness (QED) is 0.756. The average molecular weight is 378 g/mol. The molecule has 1 aromatic heterocycles. The number of aromatic nitrogens is 2. The first kappa shape index (κ1) is 17.9. The van der Waals surface area contributed by atoms with E-state index in [1.54, 1.807) is 48.7 Å². The number of likely N-dealkylation sites (tertiary alicyclic amines) is 1. The van der Waals surface area contributed by atoms with Gasteiger partial charge in [-0.25, -0.2) is 9.07 Å². The molecule has 4 rings (SSSR count). The third-order valence-electron chi connectivity index (χ3n) is 4.66. The van der Waals surface area contributed by atoms with Crippen molar-refractivity contribution in [2.75, 3.05) is 18.4 Å². The first-order valence-corrected chi connectivity index (χ1v) is 9.12. The molecule has 7 heteroatoms. The van der Waals surface area contributed by atoms with Gasteiger partial charge in [-0.1, -0.05) is 12.1 Å². The Balaban J connectivity index is 1.48. The van der Waals surface area contributed by atoms with Gasteiger partial charge in [-0.3, -0.25) is 9.59 Å². The summed E-state index contributed by atoms with van der Waals surface area (Å²) in [5.41, 5.74) is 1.79. The van der Waals surface area contributed by atoms with Gasteiger partial charge in [0.2, 0.25) is 0 Å². The van der Waals surface area contributed by atoms with E-state index in [1.165, 1.54) is 16.8 Å². The molecule has 1 fully saturated rings. The number of nitrogens with one attached hydrogen (secondary N) is 1. The Labute approximate surface area is 161 Å². The van der Waals surface area contributed by atoms with Crippen LogP contribution >= 0.6 is 0 Å². The Morgan fingerprint density at radius 2 is 1.79 bits per heavy atom. The molecule has 0 saturated carbocycles. The summed E-state index contributed by atoms with van der Waals surface area (Å²) in [5.74, 6) is -0.802. The molecule has 2 aromatic carbocycles. The van der Waals surface area contributed by atoms with Crippen LogP contribution in [-0.4, -0.2) is 39.6 Å². The van der Waals surface area contributed by atoms with Crippen LogP contribution in [0.25, 0.3) is 5.69 Å². The van der Waals surface area contributed by atoms with Gasteiger partial charge in [-0.05, 0) is 55.3 Å². The molecule has 2 amide bonds. The van der Waals surface area contributed by atoms with Gasteiger partial charge in [0.05, 0.1) is 5.69 Å². The van der Waals surface area contributed by atoms with Gasteiger partial charge in [-0.2, -0.15) is 5.10 Å². The van der Waals surface area contributed by atoms with Crippen molar-refractivity contribution in [1.29, 1.82) is 0 Å². The van der Waals surface area contributed by atoms with Gasteiger partial charge >= 0.3 is 0 Å². The summed E-state index contributed by atoms with van der Waals surface area (Å²) in [6, 6.07) is 14.4. The first-order valence-electron chi connectivity index (χ1n) is 9.12. The normalized spacial score (nSPS) is 13.5. The molecule has 0 radical (unpaired) electrons. The van der Waals surface area contributed by atoms with Crippen LogP contribution in [0.5, 0.6) is 0 Å². The van der Waals surface area contributed by atoms with E-state index in [9.17, 15) is 14.0 Å². The molecular formula is C21H19FN4O2. The maximum absolute atomic E-state index is 13.4. The summed E-state index contributed by atoms with van der Waals surface area (Å²) in [4.78, 5) is 26.8. The number of amides is 2. The number of carbonyl (C=O) groups excluding carboxylic acids is 2. The highest BCUT2D eigenvalue weighted by atomic mass is 19.1. The number of hydrogen-bond donors (Lipinski definition) is 1. The lowest BCUT2D eigenvalue weighted by molar-refractivity contribution is 0.0792. The fraction of sp³-hybridized carbons (Fsp3) is 0.190. The summed E-state index contributed by atoms with van der Waals surface area (Å²) in [7, 11) is 0. The highest BCUT2D eigenvalue weighted by molar-refractivity contribution is 6.04. The first-order chi connectivity index (χ1) is 13.6. The summed E-state index contributed by atoms with van der Waals surface area (Å²) in [6.45, 7) is 1.54. The minimum atomic E-state index is -0.402. The van der Waals surface area contributed by atoms with Gasteiger partial charge in [0.25, 0.3) is 11.8 Å². The zero-order valence-electron chi connectivity index (χ0n) is 15.1. The highest BCUT2D eigenvalue weighted by Crippen LogP contribution is 2.17. The molecule has 6 nitrogen and oxygen atoms in total. The van der Waals surface area contributed by atoms with Crippen LogP contribution in [0.3, 0.4) is 0 Å². The van der Waals surface area contributed by atoms with Crippen molar-refractivity contribution in [3.8, 4) is 5.69 Å². The summed E-state index contributed by atoms with van der Waals surface area (Å²) >= 11 is 0.